The van der Waals surface area contributed by atoms with Gasteiger partial charge in [-0.05, 0) is 29.5 Å². The first-order chi connectivity index (χ1) is 12.0. The lowest BCUT2D eigenvalue weighted by Crippen LogP contribution is -2.39. The van der Waals surface area contributed by atoms with E-state index in [9.17, 15) is 9.59 Å². The molecule has 5 heteroatoms. The lowest BCUT2D eigenvalue weighted by Gasteiger charge is -2.13. The Morgan fingerprint density at radius 1 is 0.880 bits per heavy atom. The van der Waals surface area contributed by atoms with E-state index < -0.39 is 11.8 Å². The summed E-state index contributed by atoms with van der Waals surface area (Å²) in [6.07, 6.45) is 1.51. The van der Waals surface area contributed by atoms with Gasteiger partial charge in [0.25, 0.3) is 0 Å². The van der Waals surface area contributed by atoms with E-state index in [1.807, 2.05) is 61.5 Å². The van der Waals surface area contributed by atoms with Crippen LogP contribution < -0.4 is 10.7 Å². The molecule has 2 rings (SSSR count). The van der Waals surface area contributed by atoms with Crippen molar-refractivity contribution < 1.29 is 9.59 Å². The SMILES string of the molecule is CC(C)c1ccc(/C=N\NC(=O)C(=O)N[C@H](C)c2ccccc2)cc1. The maximum atomic E-state index is 11.9. The number of carbonyl (C=O) groups is 2. The fourth-order valence-corrected chi connectivity index (χ4v) is 2.27. The average molecular weight is 337 g/mol. The first kappa shape index (κ1) is 18.4. The van der Waals surface area contributed by atoms with E-state index in [1.54, 1.807) is 0 Å². The zero-order valence-corrected chi connectivity index (χ0v) is 14.7. The average Bonchev–Trinajstić information content (AvgIpc) is 2.62. The van der Waals surface area contributed by atoms with Gasteiger partial charge in [0.1, 0.15) is 0 Å². The van der Waals surface area contributed by atoms with Gasteiger partial charge in [-0.25, -0.2) is 5.43 Å². The fourth-order valence-electron chi connectivity index (χ4n) is 2.27. The van der Waals surface area contributed by atoms with Crippen molar-refractivity contribution in [1.29, 1.82) is 0 Å². The Kier molecular flexibility index (Phi) is 6.46. The lowest BCUT2D eigenvalue weighted by atomic mass is 10.0. The predicted molar refractivity (Wildman–Crippen MR) is 99.3 cm³/mol. The van der Waals surface area contributed by atoms with Crippen molar-refractivity contribution in [3.63, 3.8) is 0 Å². The fraction of sp³-hybridized carbons (Fsp3) is 0.250. The van der Waals surface area contributed by atoms with Gasteiger partial charge in [0.05, 0.1) is 12.3 Å². The van der Waals surface area contributed by atoms with Crippen molar-refractivity contribution in [2.45, 2.75) is 32.7 Å². The van der Waals surface area contributed by atoms with E-state index in [0.29, 0.717) is 5.92 Å². The van der Waals surface area contributed by atoms with Crippen LogP contribution in [0.3, 0.4) is 0 Å². The van der Waals surface area contributed by atoms with Crippen molar-refractivity contribution in [2.24, 2.45) is 5.10 Å². The molecule has 2 amide bonds. The molecule has 2 aromatic carbocycles. The molecule has 1 atom stereocenters. The molecule has 0 spiro atoms. The van der Waals surface area contributed by atoms with Crippen molar-refractivity contribution >= 4 is 18.0 Å². The van der Waals surface area contributed by atoms with Crippen LogP contribution in [0.4, 0.5) is 0 Å². The van der Waals surface area contributed by atoms with Crippen LogP contribution in [0.25, 0.3) is 0 Å². The van der Waals surface area contributed by atoms with Gasteiger partial charge in [-0.3, -0.25) is 9.59 Å². The lowest BCUT2D eigenvalue weighted by molar-refractivity contribution is -0.139. The van der Waals surface area contributed by atoms with Crippen LogP contribution in [0.15, 0.2) is 59.7 Å². The highest BCUT2D eigenvalue weighted by molar-refractivity contribution is 6.35. The third-order valence-electron chi connectivity index (χ3n) is 3.84. The Balaban J connectivity index is 1.85. The number of rotatable bonds is 5. The highest BCUT2D eigenvalue weighted by Crippen LogP contribution is 2.14. The monoisotopic (exact) mass is 337 g/mol. The molecule has 5 nitrogen and oxygen atoms in total. The molecule has 130 valence electrons. The number of benzene rings is 2. The minimum Gasteiger partial charge on any atom is -0.341 e. The van der Waals surface area contributed by atoms with E-state index in [2.05, 4.69) is 29.7 Å². The van der Waals surface area contributed by atoms with Gasteiger partial charge in [-0.1, -0.05) is 68.4 Å². The van der Waals surface area contributed by atoms with Crippen LogP contribution in [-0.2, 0) is 9.59 Å². The first-order valence-corrected chi connectivity index (χ1v) is 8.26. The van der Waals surface area contributed by atoms with Gasteiger partial charge in [0.15, 0.2) is 0 Å². The highest BCUT2D eigenvalue weighted by atomic mass is 16.2. The number of nitrogens with zero attached hydrogens (tertiary/aromatic N) is 1. The highest BCUT2D eigenvalue weighted by Gasteiger charge is 2.16. The number of nitrogens with one attached hydrogen (secondary N) is 2. The van der Waals surface area contributed by atoms with Crippen LogP contribution >= 0.6 is 0 Å². The van der Waals surface area contributed by atoms with E-state index in [0.717, 1.165) is 11.1 Å². The molecule has 0 fully saturated rings. The second-order valence-corrected chi connectivity index (χ2v) is 6.13. The van der Waals surface area contributed by atoms with Gasteiger partial charge in [-0.2, -0.15) is 5.10 Å². The Labute approximate surface area is 148 Å². The predicted octanol–water partition coefficient (Wildman–Crippen LogP) is 3.14. The smallest absolute Gasteiger partial charge is 0.329 e. The summed E-state index contributed by atoms with van der Waals surface area (Å²) < 4.78 is 0. The van der Waals surface area contributed by atoms with Crippen LogP contribution in [-0.4, -0.2) is 18.0 Å². The summed E-state index contributed by atoms with van der Waals surface area (Å²) in [5, 5.41) is 6.47. The second-order valence-electron chi connectivity index (χ2n) is 6.13. The third kappa shape index (κ3) is 5.57. The third-order valence-corrected chi connectivity index (χ3v) is 3.84. The molecule has 0 unspecified atom stereocenters. The molecule has 0 aliphatic heterocycles. The summed E-state index contributed by atoms with van der Waals surface area (Å²) in [5.74, 6) is -1.05. The molecule has 0 saturated heterocycles. The van der Waals surface area contributed by atoms with Crippen LogP contribution in [0, 0.1) is 0 Å². The van der Waals surface area contributed by atoms with E-state index >= 15 is 0 Å². The molecule has 0 heterocycles. The van der Waals surface area contributed by atoms with Crippen LogP contribution in [0.5, 0.6) is 0 Å². The number of carbonyl (C=O) groups excluding carboxylic acids is 2. The molecule has 0 aliphatic rings. The van der Waals surface area contributed by atoms with E-state index in [-0.39, 0.29) is 6.04 Å². The Morgan fingerprint density at radius 3 is 2.12 bits per heavy atom. The molecule has 0 bridgehead atoms. The molecule has 2 N–H and O–H groups in total. The largest absolute Gasteiger partial charge is 0.341 e. The van der Waals surface area contributed by atoms with Gasteiger partial charge >= 0.3 is 11.8 Å². The molecular formula is C20H23N3O2. The molecule has 0 aromatic heterocycles. The Bertz CT molecular complexity index is 737. The van der Waals surface area contributed by atoms with E-state index in [1.165, 1.54) is 11.8 Å². The normalized spacial score (nSPS) is 12.2. The first-order valence-electron chi connectivity index (χ1n) is 8.26. The molecule has 25 heavy (non-hydrogen) atoms. The summed E-state index contributed by atoms with van der Waals surface area (Å²) in [7, 11) is 0. The molecule has 0 aliphatic carbocycles. The van der Waals surface area contributed by atoms with Crippen molar-refractivity contribution in [2.75, 3.05) is 0 Å². The Morgan fingerprint density at radius 2 is 1.52 bits per heavy atom. The molecule has 0 saturated carbocycles. The summed E-state index contributed by atoms with van der Waals surface area (Å²) in [4.78, 5) is 23.7. The molecule has 2 aromatic rings. The van der Waals surface area contributed by atoms with Gasteiger partial charge in [0, 0.05) is 0 Å². The van der Waals surface area contributed by atoms with Crippen molar-refractivity contribution in [3.8, 4) is 0 Å². The van der Waals surface area contributed by atoms with Crippen LogP contribution in [0.2, 0.25) is 0 Å². The minimum atomic E-state index is -0.794. The number of amides is 2. The summed E-state index contributed by atoms with van der Waals surface area (Å²) in [6, 6.07) is 17.1. The summed E-state index contributed by atoms with van der Waals surface area (Å²) in [5.41, 5.74) is 5.25. The topological polar surface area (TPSA) is 70.6 Å². The van der Waals surface area contributed by atoms with Gasteiger partial charge in [-0.15, -0.1) is 0 Å². The minimum absolute atomic E-state index is 0.257. The summed E-state index contributed by atoms with van der Waals surface area (Å²) in [6.45, 7) is 6.07. The quantitative estimate of drug-likeness (QED) is 0.500. The zero-order chi connectivity index (χ0) is 18.2. The van der Waals surface area contributed by atoms with Crippen molar-refractivity contribution in [3.05, 3.63) is 71.3 Å². The Hall–Kier alpha value is -2.95. The van der Waals surface area contributed by atoms with Gasteiger partial charge < -0.3 is 5.32 Å². The number of hydrogen-bond acceptors (Lipinski definition) is 3. The maximum Gasteiger partial charge on any atom is 0.329 e. The van der Waals surface area contributed by atoms with Gasteiger partial charge in [0.2, 0.25) is 0 Å². The molecular weight excluding hydrogens is 314 g/mol. The van der Waals surface area contributed by atoms with E-state index in [4.69, 9.17) is 0 Å². The maximum absolute atomic E-state index is 11.9. The standard InChI is InChI=1S/C20H23N3O2/c1-14(2)17-11-9-16(10-12-17)13-21-23-20(25)19(24)22-15(3)18-7-5-4-6-8-18/h4-15H,1-3H3,(H,22,24)(H,23,25)/b21-13-/t15-/m1/s1. The van der Waals surface area contributed by atoms with Crippen molar-refractivity contribution in [1.82, 2.24) is 10.7 Å². The van der Waals surface area contributed by atoms with Crippen LogP contribution in [0.1, 0.15) is 49.4 Å². The zero-order valence-electron chi connectivity index (χ0n) is 14.7. The number of hydrogen-bond donors (Lipinski definition) is 2. The number of hydrazone groups is 1. The summed E-state index contributed by atoms with van der Waals surface area (Å²) >= 11 is 0. The molecule has 0 radical (unpaired) electrons. The second kappa shape index (κ2) is 8.78.